The Hall–Kier alpha value is -3.23. The van der Waals surface area contributed by atoms with Gasteiger partial charge in [0.2, 0.25) is 5.16 Å². The van der Waals surface area contributed by atoms with Crippen LogP contribution in [0.25, 0.3) is 11.4 Å². The van der Waals surface area contributed by atoms with Crippen LogP contribution in [0.5, 0.6) is 0 Å². The summed E-state index contributed by atoms with van der Waals surface area (Å²) in [5, 5.41) is 30.3. The molecule has 0 saturated heterocycles. The smallest absolute Gasteiger partial charge is 0.258 e. The van der Waals surface area contributed by atoms with Crippen LogP contribution in [0, 0.1) is 21.4 Å². The monoisotopic (exact) mass is 554 g/mol. The molecule has 0 bridgehead atoms. The minimum Gasteiger partial charge on any atom is -0.258 e. The number of nitro groups is 1. The molecule has 0 fully saturated rings. The molecule has 1 aliphatic rings. The van der Waals surface area contributed by atoms with Gasteiger partial charge in [0.25, 0.3) is 5.69 Å². The van der Waals surface area contributed by atoms with E-state index in [9.17, 15) is 15.4 Å². The molecule has 2 heterocycles. The number of halogens is 2. The van der Waals surface area contributed by atoms with E-state index < -0.39 is 4.92 Å². The van der Waals surface area contributed by atoms with E-state index in [-0.39, 0.29) is 5.69 Å². The average molecular weight is 555 g/mol. The summed E-state index contributed by atoms with van der Waals surface area (Å²) in [7, 11) is 0. The maximum Gasteiger partial charge on any atom is 0.283 e. The van der Waals surface area contributed by atoms with Gasteiger partial charge in [0.15, 0.2) is 5.82 Å². The van der Waals surface area contributed by atoms with E-state index in [1.807, 2.05) is 0 Å². The van der Waals surface area contributed by atoms with Gasteiger partial charge in [-0.15, -0.1) is 16.4 Å². The number of rotatable bonds is 6. The van der Waals surface area contributed by atoms with Gasteiger partial charge in [-0.3, -0.25) is 15.2 Å². The number of aromatic nitrogens is 3. The highest BCUT2D eigenvalue weighted by Gasteiger charge is 2.21. The minimum atomic E-state index is -0.451. The fourth-order valence-electron chi connectivity index (χ4n) is 3.93. The molecule has 36 heavy (non-hydrogen) atoms. The molecule has 5 rings (SSSR count). The predicted molar refractivity (Wildman–Crippen MR) is 142 cm³/mol. The summed E-state index contributed by atoms with van der Waals surface area (Å²) < 4.78 is 0. The van der Waals surface area contributed by atoms with Gasteiger partial charge < -0.3 is 0 Å². The zero-order valence-electron chi connectivity index (χ0n) is 18.5. The van der Waals surface area contributed by atoms with Crippen molar-refractivity contribution in [2.75, 3.05) is 0 Å². The second kappa shape index (κ2) is 10.4. The fourth-order valence-corrected chi connectivity index (χ4v) is 6.41. The van der Waals surface area contributed by atoms with Gasteiger partial charge in [0, 0.05) is 27.7 Å². The van der Waals surface area contributed by atoms with Crippen LogP contribution in [-0.2, 0) is 12.8 Å². The molecule has 4 aromatic rings. The van der Waals surface area contributed by atoms with Gasteiger partial charge in [0.1, 0.15) is 11.1 Å². The lowest BCUT2D eigenvalue weighted by Gasteiger charge is -2.09. The third-order valence-corrected chi connectivity index (χ3v) is 8.31. The fraction of sp³-hybridized carbons (Fsp3) is 0.167. The number of H-pyrrole nitrogens is 1. The summed E-state index contributed by atoms with van der Waals surface area (Å²) in [6.07, 6.45) is 5.62. The van der Waals surface area contributed by atoms with Crippen LogP contribution in [0.3, 0.4) is 0 Å². The van der Waals surface area contributed by atoms with E-state index in [0.717, 1.165) is 43.0 Å². The van der Waals surface area contributed by atoms with Gasteiger partial charge in [0.05, 0.1) is 20.4 Å². The first-order chi connectivity index (χ1) is 17.4. The van der Waals surface area contributed by atoms with Crippen LogP contribution in [-0.4, -0.2) is 26.3 Å². The number of hydrogen-bond donors (Lipinski definition) is 1. The van der Waals surface area contributed by atoms with E-state index in [0.29, 0.717) is 47.6 Å². The first kappa shape index (κ1) is 24.5. The number of benzene rings is 2. The van der Waals surface area contributed by atoms with Gasteiger partial charge in [-0.05, 0) is 72.8 Å². The lowest BCUT2D eigenvalue weighted by molar-refractivity contribution is -0.387. The third-order valence-electron chi connectivity index (χ3n) is 5.63. The van der Waals surface area contributed by atoms with Gasteiger partial charge in [-0.1, -0.05) is 29.3 Å². The average Bonchev–Trinajstić information content (AvgIpc) is 3.47. The molecule has 0 unspecified atom stereocenters. The van der Waals surface area contributed by atoms with Gasteiger partial charge in [-0.2, -0.15) is 5.26 Å². The number of aryl methyl sites for hydroxylation is 1. The molecular weight excluding hydrogens is 539 g/mol. The zero-order chi connectivity index (χ0) is 25.2. The van der Waals surface area contributed by atoms with Gasteiger partial charge >= 0.3 is 0 Å². The molecular formula is C24H16Cl2N6O2S2. The lowest BCUT2D eigenvalue weighted by Crippen LogP contribution is -1.99. The van der Waals surface area contributed by atoms with E-state index >= 15 is 0 Å². The van der Waals surface area contributed by atoms with Crippen LogP contribution in [0.1, 0.15) is 34.4 Å². The molecule has 2 aromatic heterocycles. The summed E-state index contributed by atoms with van der Waals surface area (Å²) in [6, 6.07) is 12.1. The Balaban J connectivity index is 1.39. The third kappa shape index (κ3) is 5.01. The molecule has 1 N–H and O–H groups in total. The van der Waals surface area contributed by atoms with Crippen molar-refractivity contribution in [2.45, 2.75) is 35.7 Å². The van der Waals surface area contributed by atoms with Crippen molar-refractivity contribution in [3.05, 3.63) is 78.1 Å². The summed E-state index contributed by atoms with van der Waals surface area (Å²) in [5.41, 5.74) is 2.81. The number of aromatic amines is 1. The quantitative estimate of drug-likeness (QED) is 0.150. The van der Waals surface area contributed by atoms with Crippen molar-refractivity contribution in [3.8, 4) is 17.5 Å². The second-order valence-corrected chi connectivity index (χ2v) is 10.9. The van der Waals surface area contributed by atoms with E-state index in [1.165, 1.54) is 22.3 Å². The number of nitriles is 1. The number of nitro benzene ring substituents is 1. The summed E-state index contributed by atoms with van der Waals surface area (Å²) in [4.78, 5) is 21.9. The Morgan fingerprint density at radius 1 is 1.22 bits per heavy atom. The molecule has 12 heteroatoms. The Morgan fingerprint density at radius 2 is 2.06 bits per heavy atom. The van der Waals surface area contributed by atoms with Crippen molar-refractivity contribution >= 4 is 63.2 Å². The highest BCUT2D eigenvalue weighted by Crippen LogP contribution is 2.40. The molecule has 1 aliphatic carbocycles. The Labute approximate surface area is 224 Å². The molecule has 8 nitrogen and oxygen atoms in total. The first-order valence-electron chi connectivity index (χ1n) is 10.9. The molecule has 0 atom stereocenters. The first-order valence-corrected chi connectivity index (χ1v) is 13.2. The van der Waals surface area contributed by atoms with E-state index in [2.05, 4.69) is 26.2 Å². The SMILES string of the molecule is N#Cc1c(/N=C/c2ccc(Sc3n[nH]c(-c4ccc(Cl)cc4Cl)n3)c([N+](=O)[O-])c2)sc2c1CCCC2. The summed E-state index contributed by atoms with van der Waals surface area (Å²) in [5.74, 6) is 0.428. The number of nitrogens with one attached hydrogen (secondary N) is 1. The second-order valence-electron chi connectivity index (χ2n) is 7.94. The Kier molecular flexibility index (Phi) is 7.07. The van der Waals surface area contributed by atoms with Crippen LogP contribution in [0.15, 0.2) is 51.4 Å². The van der Waals surface area contributed by atoms with Crippen LogP contribution in [0.2, 0.25) is 10.0 Å². The number of fused-ring (bicyclic) bond motifs is 1. The highest BCUT2D eigenvalue weighted by molar-refractivity contribution is 7.99. The van der Waals surface area contributed by atoms with Crippen molar-refractivity contribution in [1.82, 2.24) is 15.2 Å². The van der Waals surface area contributed by atoms with E-state index in [1.54, 1.807) is 36.5 Å². The minimum absolute atomic E-state index is 0.0918. The molecule has 0 amide bonds. The topological polar surface area (TPSA) is 121 Å². The van der Waals surface area contributed by atoms with Crippen molar-refractivity contribution in [2.24, 2.45) is 4.99 Å². The highest BCUT2D eigenvalue weighted by atomic mass is 35.5. The van der Waals surface area contributed by atoms with Gasteiger partial charge in [-0.25, -0.2) is 9.98 Å². The van der Waals surface area contributed by atoms with Crippen LogP contribution in [0.4, 0.5) is 10.7 Å². The normalized spacial score (nSPS) is 13.0. The van der Waals surface area contributed by atoms with Crippen molar-refractivity contribution in [3.63, 3.8) is 0 Å². The van der Waals surface area contributed by atoms with Crippen molar-refractivity contribution in [1.29, 1.82) is 5.26 Å². The van der Waals surface area contributed by atoms with Crippen LogP contribution < -0.4 is 0 Å². The Morgan fingerprint density at radius 3 is 2.83 bits per heavy atom. The van der Waals surface area contributed by atoms with E-state index in [4.69, 9.17) is 23.2 Å². The number of thiophene rings is 1. The number of nitrogens with zero attached hydrogens (tertiary/aromatic N) is 5. The van der Waals surface area contributed by atoms with Crippen molar-refractivity contribution < 1.29 is 4.92 Å². The Bertz CT molecular complexity index is 1560. The molecule has 180 valence electrons. The zero-order valence-corrected chi connectivity index (χ0v) is 21.6. The molecule has 0 spiro atoms. The number of hydrogen-bond acceptors (Lipinski definition) is 8. The maximum absolute atomic E-state index is 11.8. The standard InChI is InChI=1S/C24H16Cl2N6O2S2/c25-14-6-7-16(18(26)10-14)22-29-24(31-30-22)36-21-8-5-13(9-19(21)32(33)34)12-28-23-17(11-27)15-3-1-2-4-20(15)35-23/h5-10,12H,1-4H2,(H,29,30,31)/b28-12+. The molecule has 0 aliphatic heterocycles. The predicted octanol–water partition coefficient (Wildman–Crippen LogP) is 7.40. The number of aliphatic imine (C=N–C) groups is 1. The molecule has 2 aromatic carbocycles. The summed E-state index contributed by atoms with van der Waals surface area (Å²) in [6.45, 7) is 0. The largest absolute Gasteiger partial charge is 0.283 e. The molecule has 0 radical (unpaired) electrons. The summed E-state index contributed by atoms with van der Waals surface area (Å²) >= 11 is 14.8. The van der Waals surface area contributed by atoms with Crippen LogP contribution >= 0.6 is 46.3 Å². The maximum atomic E-state index is 11.8. The molecule has 0 saturated carbocycles. The lowest BCUT2D eigenvalue weighted by atomic mass is 9.96.